The first-order valence-corrected chi connectivity index (χ1v) is 4.39. The summed E-state index contributed by atoms with van der Waals surface area (Å²) in [6, 6.07) is 4.64. The molecule has 0 spiro atoms. The van der Waals surface area contributed by atoms with Crippen molar-refractivity contribution in [2.75, 3.05) is 0 Å². The Bertz CT molecular complexity index is 332. The smallest absolute Gasteiger partial charge is 0.122 e. The summed E-state index contributed by atoms with van der Waals surface area (Å²) in [5, 5.41) is 18.5. The first-order chi connectivity index (χ1) is 6.09. The van der Waals surface area contributed by atoms with E-state index < -0.39 is 0 Å². The maximum Gasteiger partial charge on any atom is 0.122 e. The van der Waals surface area contributed by atoms with Gasteiger partial charge in [-0.15, -0.1) is 0 Å². The first-order valence-electron chi connectivity index (χ1n) is 4.39. The van der Waals surface area contributed by atoms with Gasteiger partial charge >= 0.3 is 0 Å². The van der Waals surface area contributed by atoms with Crippen molar-refractivity contribution in [3.8, 4) is 11.5 Å². The van der Waals surface area contributed by atoms with E-state index in [2.05, 4.69) is 0 Å². The SMILES string of the molecule is NC1(Cc2ccc(O)cc2O)CC1. The molecule has 1 aromatic carbocycles. The van der Waals surface area contributed by atoms with E-state index in [1.807, 2.05) is 0 Å². The summed E-state index contributed by atoms with van der Waals surface area (Å²) in [6.45, 7) is 0. The molecule has 0 amide bonds. The highest BCUT2D eigenvalue weighted by Crippen LogP contribution is 2.38. The van der Waals surface area contributed by atoms with Crippen molar-refractivity contribution in [2.45, 2.75) is 24.8 Å². The van der Waals surface area contributed by atoms with Crippen LogP contribution in [0.15, 0.2) is 18.2 Å². The summed E-state index contributed by atoms with van der Waals surface area (Å²) in [6.07, 6.45) is 2.74. The van der Waals surface area contributed by atoms with Gasteiger partial charge in [0, 0.05) is 11.6 Å². The minimum Gasteiger partial charge on any atom is -0.508 e. The molecule has 0 atom stereocenters. The second-order valence-electron chi connectivity index (χ2n) is 3.85. The molecule has 0 heterocycles. The Hall–Kier alpha value is -1.22. The summed E-state index contributed by atoms with van der Waals surface area (Å²) < 4.78 is 0. The third kappa shape index (κ3) is 1.75. The van der Waals surface area contributed by atoms with Crippen LogP contribution in [0.1, 0.15) is 18.4 Å². The average molecular weight is 179 g/mol. The molecule has 13 heavy (non-hydrogen) atoms. The van der Waals surface area contributed by atoms with Crippen LogP contribution < -0.4 is 5.73 Å². The van der Waals surface area contributed by atoms with Crippen LogP contribution in [0.25, 0.3) is 0 Å². The van der Waals surface area contributed by atoms with Crippen molar-refractivity contribution in [1.82, 2.24) is 0 Å². The van der Waals surface area contributed by atoms with Crippen molar-refractivity contribution in [3.63, 3.8) is 0 Å². The fourth-order valence-corrected chi connectivity index (χ4v) is 1.42. The van der Waals surface area contributed by atoms with Gasteiger partial charge in [0.05, 0.1) is 0 Å². The molecular formula is C10H13NO2. The Balaban J connectivity index is 2.20. The second-order valence-corrected chi connectivity index (χ2v) is 3.85. The molecule has 1 fully saturated rings. The maximum absolute atomic E-state index is 9.47. The molecule has 0 aliphatic heterocycles. The molecule has 3 nitrogen and oxygen atoms in total. The molecule has 0 aromatic heterocycles. The number of phenols is 2. The standard InChI is InChI=1S/C10H13NO2/c11-10(3-4-10)6-7-1-2-8(12)5-9(7)13/h1-2,5,12-13H,3-4,6,11H2. The minimum atomic E-state index is -0.103. The van der Waals surface area contributed by atoms with E-state index in [-0.39, 0.29) is 17.0 Å². The molecule has 2 rings (SSSR count). The van der Waals surface area contributed by atoms with E-state index in [0.717, 1.165) is 18.4 Å². The Morgan fingerprint density at radius 3 is 2.54 bits per heavy atom. The van der Waals surface area contributed by atoms with Crippen LogP contribution in [0.4, 0.5) is 0 Å². The maximum atomic E-state index is 9.47. The van der Waals surface area contributed by atoms with Crippen LogP contribution in [-0.4, -0.2) is 15.8 Å². The summed E-state index contributed by atoms with van der Waals surface area (Å²) in [5.41, 5.74) is 6.63. The summed E-state index contributed by atoms with van der Waals surface area (Å²) in [5.74, 6) is 0.222. The Labute approximate surface area is 76.8 Å². The first kappa shape index (κ1) is 8.38. The predicted molar refractivity (Wildman–Crippen MR) is 49.6 cm³/mol. The van der Waals surface area contributed by atoms with Crippen LogP contribution in [0.3, 0.4) is 0 Å². The summed E-state index contributed by atoms with van der Waals surface area (Å²) in [4.78, 5) is 0. The summed E-state index contributed by atoms with van der Waals surface area (Å²) >= 11 is 0. The van der Waals surface area contributed by atoms with Gasteiger partial charge in [-0.2, -0.15) is 0 Å². The fourth-order valence-electron chi connectivity index (χ4n) is 1.42. The van der Waals surface area contributed by atoms with Gasteiger partial charge in [0.2, 0.25) is 0 Å². The van der Waals surface area contributed by atoms with Crippen LogP contribution >= 0.6 is 0 Å². The van der Waals surface area contributed by atoms with E-state index in [4.69, 9.17) is 10.8 Å². The molecular weight excluding hydrogens is 166 g/mol. The van der Waals surface area contributed by atoms with Crippen molar-refractivity contribution in [3.05, 3.63) is 23.8 Å². The van der Waals surface area contributed by atoms with Crippen molar-refractivity contribution in [2.24, 2.45) is 5.73 Å². The van der Waals surface area contributed by atoms with Crippen LogP contribution in [0.5, 0.6) is 11.5 Å². The lowest BCUT2D eigenvalue weighted by Gasteiger charge is -2.09. The van der Waals surface area contributed by atoms with Gasteiger partial charge < -0.3 is 15.9 Å². The predicted octanol–water partition coefficient (Wildman–Crippen LogP) is 1.13. The largest absolute Gasteiger partial charge is 0.508 e. The second kappa shape index (κ2) is 2.64. The Morgan fingerprint density at radius 2 is 2.00 bits per heavy atom. The number of hydrogen-bond donors (Lipinski definition) is 3. The van der Waals surface area contributed by atoms with Gasteiger partial charge in [-0.05, 0) is 30.9 Å². The highest BCUT2D eigenvalue weighted by molar-refractivity contribution is 5.40. The highest BCUT2D eigenvalue weighted by atomic mass is 16.3. The molecule has 0 saturated heterocycles. The number of phenolic OH excluding ortho intramolecular Hbond substituents is 2. The lowest BCUT2D eigenvalue weighted by Crippen LogP contribution is -2.24. The normalized spacial score (nSPS) is 18.5. The lowest BCUT2D eigenvalue weighted by atomic mass is 10.0. The van der Waals surface area contributed by atoms with Crippen LogP contribution in [0.2, 0.25) is 0 Å². The third-order valence-corrected chi connectivity index (χ3v) is 2.50. The van der Waals surface area contributed by atoms with Crippen LogP contribution in [0, 0.1) is 0 Å². The average Bonchev–Trinajstić information content (AvgIpc) is 2.75. The van der Waals surface area contributed by atoms with Gasteiger partial charge in [-0.3, -0.25) is 0 Å². The minimum absolute atomic E-state index is 0.0862. The number of aromatic hydroxyl groups is 2. The fraction of sp³-hybridized carbons (Fsp3) is 0.400. The Kier molecular flexibility index (Phi) is 1.70. The molecule has 1 aromatic rings. The number of nitrogens with two attached hydrogens (primary N) is 1. The molecule has 1 aliphatic carbocycles. The molecule has 1 aliphatic rings. The zero-order valence-electron chi connectivity index (χ0n) is 7.33. The van der Waals surface area contributed by atoms with Gasteiger partial charge in [-0.25, -0.2) is 0 Å². The quantitative estimate of drug-likeness (QED) is 0.637. The molecule has 0 bridgehead atoms. The highest BCUT2D eigenvalue weighted by Gasteiger charge is 2.38. The molecule has 0 unspecified atom stereocenters. The molecule has 1 saturated carbocycles. The van der Waals surface area contributed by atoms with Crippen LogP contribution in [-0.2, 0) is 6.42 Å². The number of benzene rings is 1. The van der Waals surface area contributed by atoms with E-state index in [1.54, 1.807) is 12.1 Å². The topological polar surface area (TPSA) is 66.5 Å². The van der Waals surface area contributed by atoms with Crippen molar-refractivity contribution in [1.29, 1.82) is 0 Å². The van der Waals surface area contributed by atoms with E-state index in [0.29, 0.717) is 6.42 Å². The van der Waals surface area contributed by atoms with Gasteiger partial charge in [0.1, 0.15) is 11.5 Å². The monoisotopic (exact) mass is 179 g/mol. The van der Waals surface area contributed by atoms with E-state index in [1.165, 1.54) is 6.07 Å². The zero-order chi connectivity index (χ0) is 9.47. The molecule has 70 valence electrons. The van der Waals surface area contributed by atoms with Crippen molar-refractivity contribution < 1.29 is 10.2 Å². The molecule has 3 heteroatoms. The van der Waals surface area contributed by atoms with Crippen molar-refractivity contribution >= 4 is 0 Å². The van der Waals surface area contributed by atoms with Gasteiger partial charge in [-0.1, -0.05) is 6.07 Å². The summed E-state index contributed by atoms with van der Waals surface area (Å²) in [7, 11) is 0. The zero-order valence-corrected chi connectivity index (χ0v) is 7.33. The Morgan fingerprint density at radius 1 is 1.31 bits per heavy atom. The van der Waals surface area contributed by atoms with Gasteiger partial charge in [0.15, 0.2) is 0 Å². The number of hydrogen-bond acceptors (Lipinski definition) is 3. The molecule has 4 N–H and O–H groups in total. The van der Waals surface area contributed by atoms with Gasteiger partial charge in [0.25, 0.3) is 0 Å². The van der Waals surface area contributed by atoms with E-state index >= 15 is 0 Å². The molecule has 0 radical (unpaired) electrons. The third-order valence-electron chi connectivity index (χ3n) is 2.50. The van der Waals surface area contributed by atoms with E-state index in [9.17, 15) is 5.11 Å². The lowest BCUT2D eigenvalue weighted by molar-refractivity contribution is 0.443. The number of rotatable bonds is 2.